The van der Waals surface area contributed by atoms with Crippen LogP contribution in [0.3, 0.4) is 0 Å². The van der Waals surface area contributed by atoms with Crippen molar-refractivity contribution in [2.75, 3.05) is 19.0 Å². The Balaban J connectivity index is 1.98. The van der Waals surface area contributed by atoms with Gasteiger partial charge in [-0.3, -0.25) is 4.79 Å². The van der Waals surface area contributed by atoms with E-state index < -0.39 is 29.6 Å². The quantitative estimate of drug-likeness (QED) is 0.532. The molecule has 1 amide bonds. The van der Waals surface area contributed by atoms with Gasteiger partial charge in [0.1, 0.15) is 11.6 Å². The van der Waals surface area contributed by atoms with E-state index in [4.69, 9.17) is 14.2 Å². The molecule has 0 heterocycles. The van der Waals surface area contributed by atoms with Gasteiger partial charge in [-0.05, 0) is 49.8 Å². The van der Waals surface area contributed by atoms with E-state index in [9.17, 15) is 18.4 Å². The van der Waals surface area contributed by atoms with Crippen LogP contribution >= 0.6 is 0 Å². The van der Waals surface area contributed by atoms with Gasteiger partial charge in [0.05, 0.1) is 19.4 Å². The van der Waals surface area contributed by atoms with Gasteiger partial charge < -0.3 is 19.5 Å². The molecule has 1 N–H and O–H groups in total. The molecule has 0 fully saturated rings. The van der Waals surface area contributed by atoms with Gasteiger partial charge in [0.25, 0.3) is 5.91 Å². The van der Waals surface area contributed by atoms with Gasteiger partial charge in [-0.1, -0.05) is 6.07 Å². The first kappa shape index (κ1) is 21.9. The molecule has 0 saturated heterocycles. The zero-order valence-electron chi connectivity index (χ0n) is 16.2. The minimum Gasteiger partial charge on any atom is -0.493 e. The van der Waals surface area contributed by atoms with Crippen molar-refractivity contribution in [3.63, 3.8) is 0 Å². The number of ether oxygens (including phenoxy) is 3. The maximum atomic E-state index is 13.6. The number of carbonyl (C=O) groups is 2. The Kier molecular flexibility index (Phi) is 7.70. The third-order valence-electron chi connectivity index (χ3n) is 3.75. The number of esters is 1. The monoisotopic (exact) mass is 405 g/mol. The first-order valence-electron chi connectivity index (χ1n) is 8.79. The van der Waals surface area contributed by atoms with Gasteiger partial charge in [0.2, 0.25) is 0 Å². The third kappa shape index (κ3) is 6.31. The number of benzene rings is 2. The van der Waals surface area contributed by atoms with Crippen LogP contribution in [0.1, 0.15) is 19.4 Å². The average molecular weight is 405 g/mol. The number of amides is 1. The molecule has 0 unspecified atom stereocenters. The highest BCUT2D eigenvalue weighted by atomic mass is 19.1. The molecule has 0 aliphatic carbocycles. The molecule has 0 radical (unpaired) electrons. The van der Waals surface area contributed by atoms with Gasteiger partial charge in [0.15, 0.2) is 17.6 Å². The summed E-state index contributed by atoms with van der Waals surface area (Å²) in [5.41, 5.74) is 0.320. The van der Waals surface area contributed by atoms with E-state index in [2.05, 4.69) is 5.32 Å². The maximum absolute atomic E-state index is 13.6. The normalized spacial score (nSPS) is 11.8. The molecule has 2 aromatic rings. The summed E-state index contributed by atoms with van der Waals surface area (Å²) in [5.74, 6) is -2.00. The van der Waals surface area contributed by atoms with Crippen molar-refractivity contribution >= 4 is 23.6 Å². The van der Waals surface area contributed by atoms with Crippen LogP contribution in [-0.2, 0) is 14.3 Å². The lowest BCUT2D eigenvalue weighted by atomic mass is 10.2. The van der Waals surface area contributed by atoms with E-state index in [-0.39, 0.29) is 5.69 Å². The molecule has 1 atom stereocenters. The smallest absolute Gasteiger partial charge is 0.331 e. The second-order valence-electron chi connectivity index (χ2n) is 5.87. The molecule has 8 heteroatoms. The van der Waals surface area contributed by atoms with Crippen molar-refractivity contribution in [1.29, 1.82) is 0 Å². The fourth-order valence-electron chi connectivity index (χ4n) is 2.32. The minimum atomic E-state index is -1.22. The molecule has 0 bridgehead atoms. The first-order chi connectivity index (χ1) is 13.8. The van der Waals surface area contributed by atoms with E-state index >= 15 is 0 Å². The molecule has 29 heavy (non-hydrogen) atoms. The number of hydrogen-bond acceptors (Lipinski definition) is 5. The predicted molar refractivity (Wildman–Crippen MR) is 104 cm³/mol. The molecule has 0 aliphatic rings. The van der Waals surface area contributed by atoms with Crippen LogP contribution in [0, 0.1) is 11.6 Å². The Morgan fingerprint density at radius 1 is 1.14 bits per heavy atom. The van der Waals surface area contributed by atoms with Gasteiger partial charge in [-0.2, -0.15) is 0 Å². The van der Waals surface area contributed by atoms with Crippen LogP contribution in [0.25, 0.3) is 6.08 Å². The SMILES string of the molecule is CCOc1cc(/C=C/C(=O)O[C@H](C)C(=O)Nc2cc(F)ccc2F)ccc1OC. The Bertz CT molecular complexity index is 914. The van der Waals surface area contributed by atoms with Gasteiger partial charge in [-0.25, -0.2) is 13.6 Å². The largest absolute Gasteiger partial charge is 0.493 e. The average Bonchev–Trinajstić information content (AvgIpc) is 2.69. The lowest BCUT2D eigenvalue weighted by Gasteiger charge is -2.13. The number of carbonyl (C=O) groups excluding carboxylic acids is 2. The first-order valence-corrected chi connectivity index (χ1v) is 8.79. The molecule has 2 aromatic carbocycles. The molecule has 0 saturated carbocycles. The zero-order valence-corrected chi connectivity index (χ0v) is 16.2. The lowest BCUT2D eigenvalue weighted by molar-refractivity contribution is -0.148. The lowest BCUT2D eigenvalue weighted by Crippen LogP contribution is -2.29. The molecule has 0 aromatic heterocycles. The summed E-state index contributed by atoms with van der Waals surface area (Å²) >= 11 is 0. The molecule has 0 spiro atoms. The standard InChI is InChI=1S/C21H21F2NO5/c1-4-28-19-11-14(5-9-18(19)27-3)6-10-20(25)29-13(2)21(26)24-17-12-15(22)7-8-16(17)23/h5-13H,4H2,1-3H3,(H,24,26)/b10-6+/t13-/m1/s1. The third-order valence-corrected chi connectivity index (χ3v) is 3.75. The minimum absolute atomic E-state index is 0.338. The van der Waals surface area contributed by atoms with Crippen molar-refractivity contribution < 1.29 is 32.6 Å². The van der Waals surface area contributed by atoms with E-state index in [1.54, 1.807) is 18.2 Å². The number of anilines is 1. The number of halogens is 2. The summed E-state index contributed by atoms with van der Waals surface area (Å²) in [7, 11) is 1.52. The number of nitrogens with one attached hydrogen (secondary N) is 1. The van der Waals surface area contributed by atoms with Crippen molar-refractivity contribution in [1.82, 2.24) is 0 Å². The maximum Gasteiger partial charge on any atom is 0.331 e. The summed E-state index contributed by atoms with van der Waals surface area (Å²) in [6.07, 6.45) is 1.41. The van der Waals surface area contributed by atoms with Crippen molar-refractivity contribution in [3.8, 4) is 11.5 Å². The van der Waals surface area contributed by atoms with Crippen LogP contribution < -0.4 is 14.8 Å². The van der Waals surface area contributed by atoms with Crippen LogP contribution in [0.4, 0.5) is 14.5 Å². The van der Waals surface area contributed by atoms with Gasteiger partial charge in [0, 0.05) is 12.1 Å². The molecule has 154 valence electrons. The summed E-state index contributed by atoms with van der Waals surface area (Å²) in [5, 5.41) is 2.18. The highest BCUT2D eigenvalue weighted by Crippen LogP contribution is 2.28. The highest BCUT2D eigenvalue weighted by molar-refractivity contribution is 5.96. The van der Waals surface area contributed by atoms with E-state index in [0.29, 0.717) is 23.7 Å². The molecular formula is C21H21F2NO5. The Hall–Kier alpha value is -3.42. The van der Waals surface area contributed by atoms with E-state index in [0.717, 1.165) is 24.3 Å². The highest BCUT2D eigenvalue weighted by Gasteiger charge is 2.18. The van der Waals surface area contributed by atoms with Gasteiger partial charge >= 0.3 is 5.97 Å². The van der Waals surface area contributed by atoms with Crippen LogP contribution in [0.15, 0.2) is 42.5 Å². The molecule has 2 rings (SSSR count). The van der Waals surface area contributed by atoms with Crippen LogP contribution in [0.2, 0.25) is 0 Å². The Labute approximate surface area is 167 Å². The summed E-state index contributed by atoms with van der Waals surface area (Å²) in [6.45, 7) is 3.60. The van der Waals surface area contributed by atoms with E-state index in [1.807, 2.05) is 6.92 Å². The van der Waals surface area contributed by atoms with Crippen LogP contribution in [-0.4, -0.2) is 31.7 Å². The fourth-order valence-corrected chi connectivity index (χ4v) is 2.32. The molecule has 6 nitrogen and oxygen atoms in total. The molecular weight excluding hydrogens is 384 g/mol. The summed E-state index contributed by atoms with van der Waals surface area (Å²) in [6, 6.07) is 7.75. The zero-order chi connectivity index (χ0) is 21.4. The van der Waals surface area contributed by atoms with Crippen molar-refractivity contribution in [2.45, 2.75) is 20.0 Å². The number of rotatable bonds is 8. The van der Waals surface area contributed by atoms with Gasteiger partial charge in [-0.15, -0.1) is 0 Å². The predicted octanol–water partition coefficient (Wildman–Crippen LogP) is 3.96. The Morgan fingerprint density at radius 3 is 2.59 bits per heavy atom. The number of methoxy groups -OCH3 is 1. The summed E-state index contributed by atoms with van der Waals surface area (Å²) < 4.78 is 42.4. The number of hydrogen-bond donors (Lipinski definition) is 1. The Morgan fingerprint density at radius 2 is 1.90 bits per heavy atom. The van der Waals surface area contributed by atoms with E-state index in [1.165, 1.54) is 20.1 Å². The topological polar surface area (TPSA) is 73.9 Å². The fraction of sp³-hybridized carbons (Fsp3) is 0.238. The van der Waals surface area contributed by atoms with Crippen LogP contribution in [0.5, 0.6) is 11.5 Å². The second-order valence-corrected chi connectivity index (χ2v) is 5.87. The van der Waals surface area contributed by atoms with Crippen molar-refractivity contribution in [3.05, 3.63) is 59.7 Å². The molecule has 0 aliphatic heterocycles. The second kappa shape index (κ2) is 10.2. The summed E-state index contributed by atoms with van der Waals surface area (Å²) in [4.78, 5) is 24.0. The van der Waals surface area contributed by atoms with Crippen molar-refractivity contribution in [2.24, 2.45) is 0 Å².